The molecule has 2 atom stereocenters. The molecule has 2 aliphatic heterocycles. The Balaban J connectivity index is 1.98. The fourth-order valence-corrected chi connectivity index (χ4v) is 5.39. The minimum Gasteiger partial charge on any atom is -0.393 e. The number of sulfonamides is 1. The van der Waals surface area contributed by atoms with Crippen molar-refractivity contribution in [3.63, 3.8) is 0 Å². The smallest absolute Gasteiger partial charge is 0.243 e. The Hall–Kier alpha value is -0.910. The number of fused-ring (bicyclic) bond motifs is 2. The molecule has 2 aliphatic rings. The van der Waals surface area contributed by atoms with E-state index >= 15 is 0 Å². The largest absolute Gasteiger partial charge is 0.393 e. The van der Waals surface area contributed by atoms with Crippen LogP contribution in [0.15, 0.2) is 29.2 Å². The normalized spacial score (nSPS) is 31.6. The van der Waals surface area contributed by atoms with Crippen molar-refractivity contribution in [2.45, 2.75) is 55.7 Å². The minimum atomic E-state index is -3.42. The van der Waals surface area contributed by atoms with Crippen LogP contribution >= 0.6 is 0 Å². The summed E-state index contributed by atoms with van der Waals surface area (Å²) in [5, 5.41) is 9.77. The molecule has 1 N–H and O–H groups in total. The highest BCUT2D eigenvalue weighted by atomic mass is 32.2. The van der Waals surface area contributed by atoms with Gasteiger partial charge in [0.15, 0.2) is 0 Å². The van der Waals surface area contributed by atoms with Crippen LogP contribution in [0.4, 0.5) is 0 Å². The summed E-state index contributed by atoms with van der Waals surface area (Å²) in [6.07, 6.45) is 2.53. The van der Waals surface area contributed by atoms with Gasteiger partial charge in [-0.1, -0.05) is 12.1 Å². The molecule has 2 bridgehead atoms. The van der Waals surface area contributed by atoms with Crippen molar-refractivity contribution < 1.29 is 13.5 Å². The fourth-order valence-electron chi connectivity index (χ4n) is 3.40. The van der Waals surface area contributed by atoms with E-state index in [1.165, 1.54) is 0 Å². The SMILES string of the molecule is Cc1cccc(S(=O)(=O)N2C3CCC2CC(O)C3)c1. The van der Waals surface area contributed by atoms with Gasteiger partial charge in [0.25, 0.3) is 0 Å². The van der Waals surface area contributed by atoms with E-state index in [0.29, 0.717) is 17.7 Å². The highest BCUT2D eigenvalue weighted by molar-refractivity contribution is 7.89. The molecule has 2 fully saturated rings. The van der Waals surface area contributed by atoms with Crippen molar-refractivity contribution in [3.05, 3.63) is 29.8 Å². The van der Waals surface area contributed by atoms with Crippen molar-refractivity contribution in [2.24, 2.45) is 0 Å². The summed E-state index contributed by atoms with van der Waals surface area (Å²) in [6, 6.07) is 7.00. The molecule has 0 aromatic heterocycles. The molecule has 0 spiro atoms. The molecule has 104 valence electrons. The van der Waals surface area contributed by atoms with E-state index in [2.05, 4.69) is 0 Å². The van der Waals surface area contributed by atoms with Crippen molar-refractivity contribution in [1.29, 1.82) is 0 Å². The van der Waals surface area contributed by atoms with E-state index < -0.39 is 10.0 Å². The summed E-state index contributed by atoms with van der Waals surface area (Å²) in [5.41, 5.74) is 0.950. The zero-order valence-electron chi connectivity index (χ0n) is 11.0. The van der Waals surface area contributed by atoms with Gasteiger partial charge in [0.05, 0.1) is 11.0 Å². The minimum absolute atomic E-state index is 0.0285. The second-order valence-electron chi connectivity index (χ2n) is 5.66. The molecule has 2 heterocycles. The standard InChI is InChI=1S/C14H19NO3S/c1-10-3-2-4-14(7-10)19(17,18)15-11-5-6-12(15)9-13(16)8-11/h2-4,7,11-13,16H,5-6,8-9H2,1H3. The molecular formula is C14H19NO3S. The Labute approximate surface area is 114 Å². The first-order valence-electron chi connectivity index (χ1n) is 6.77. The zero-order chi connectivity index (χ0) is 13.6. The number of piperidine rings is 1. The third-order valence-electron chi connectivity index (χ3n) is 4.21. The van der Waals surface area contributed by atoms with Crippen LogP contribution in [0.2, 0.25) is 0 Å². The third-order valence-corrected chi connectivity index (χ3v) is 6.21. The van der Waals surface area contributed by atoms with Crippen LogP contribution in [-0.2, 0) is 10.0 Å². The Morgan fingerprint density at radius 3 is 2.42 bits per heavy atom. The number of nitrogens with zero attached hydrogens (tertiary/aromatic N) is 1. The zero-order valence-corrected chi connectivity index (χ0v) is 11.8. The lowest BCUT2D eigenvalue weighted by molar-refractivity contribution is 0.0769. The van der Waals surface area contributed by atoms with Crippen LogP contribution in [0.5, 0.6) is 0 Å². The topological polar surface area (TPSA) is 57.6 Å². The summed E-state index contributed by atoms with van der Waals surface area (Å²) in [6.45, 7) is 1.90. The lowest BCUT2D eigenvalue weighted by Gasteiger charge is -2.36. The van der Waals surface area contributed by atoms with Crippen LogP contribution in [0.1, 0.15) is 31.2 Å². The number of rotatable bonds is 2. The maximum atomic E-state index is 12.8. The van der Waals surface area contributed by atoms with Gasteiger partial charge in [0.1, 0.15) is 0 Å². The van der Waals surface area contributed by atoms with E-state index in [9.17, 15) is 13.5 Å². The molecule has 4 nitrogen and oxygen atoms in total. The average Bonchev–Trinajstić information content (AvgIpc) is 2.63. The van der Waals surface area contributed by atoms with E-state index in [0.717, 1.165) is 18.4 Å². The number of hydrogen-bond donors (Lipinski definition) is 1. The second-order valence-corrected chi connectivity index (χ2v) is 7.50. The summed E-state index contributed by atoms with van der Waals surface area (Å²) >= 11 is 0. The predicted molar refractivity (Wildman–Crippen MR) is 72.3 cm³/mol. The second kappa shape index (κ2) is 4.58. The molecule has 1 aromatic carbocycles. The van der Waals surface area contributed by atoms with Crippen molar-refractivity contribution in [3.8, 4) is 0 Å². The predicted octanol–water partition coefficient (Wildman–Crippen LogP) is 1.67. The molecule has 0 radical (unpaired) electrons. The maximum Gasteiger partial charge on any atom is 0.243 e. The molecule has 2 unspecified atom stereocenters. The Kier molecular flexibility index (Phi) is 3.15. The van der Waals surface area contributed by atoms with Crippen LogP contribution in [0.3, 0.4) is 0 Å². The van der Waals surface area contributed by atoms with E-state index in [1.54, 1.807) is 22.5 Å². The first kappa shape index (κ1) is 13.1. The average molecular weight is 281 g/mol. The lowest BCUT2D eigenvalue weighted by Crippen LogP contribution is -2.47. The first-order valence-corrected chi connectivity index (χ1v) is 8.21. The number of aryl methyl sites for hydroxylation is 1. The van der Waals surface area contributed by atoms with Gasteiger partial charge in [-0.25, -0.2) is 8.42 Å². The van der Waals surface area contributed by atoms with Gasteiger partial charge in [0, 0.05) is 12.1 Å². The van der Waals surface area contributed by atoms with Gasteiger partial charge in [-0.3, -0.25) is 0 Å². The Bertz CT molecular complexity index is 570. The molecule has 5 heteroatoms. The summed E-state index contributed by atoms with van der Waals surface area (Å²) in [4.78, 5) is 0.376. The van der Waals surface area contributed by atoms with Gasteiger partial charge in [-0.2, -0.15) is 4.31 Å². The maximum absolute atomic E-state index is 12.8. The van der Waals surface area contributed by atoms with Gasteiger partial charge < -0.3 is 5.11 Å². The van der Waals surface area contributed by atoms with Crippen molar-refractivity contribution in [2.75, 3.05) is 0 Å². The number of hydrogen-bond acceptors (Lipinski definition) is 3. The van der Waals surface area contributed by atoms with E-state index in [-0.39, 0.29) is 18.2 Å². The highest BCUT2D eigenvalue weighted by Crippen LogP contribution is 2.39. The van der Waals surface area contributed by atoms with Crippen LogP contribution in [-0.4, -0.2) is 36.0 Å². The Morgan fingerprint density at radius 1 is 1.21 bits per heavy atom. The molecule has 0 aliphatic carbocycles. The summed E-state index contributed by atoms with van der Waals surface area (Å²) < 4.78 is 27.1. The first-order chi connectivity index (χ1) is 8.98. The van der Waals surface area contributed by atoms with Gasteiger partial charge in [-0.05, 0) is 50.3 Å². The molecule has 1 aromatic rings. The van der Waals surface area contributed by atoms with E-state index in [4.69, 9.17) is 0 Å². The van der Waals surface area contributed by atoms with E-state index in [1.807, 2.05) is 13.0 Å². The number of aliphatic hydroxyl groups is 1. The van der Waals surface area contributed by atoms with Gasteiger partial charge in [-0.15, -0.1) is 0 Å². The molecule has 0 saturated carbocycles. The molecule has 2 saturated heterocycles. The van der Waals surface area contributed by atoms with Crippen LogP contribution < -0.4 is 0 Å². The monoisotopic (exact) mass is 281 g/mol. The fraction of sp³-hybridized carbons (Fsp3) is 0.571. The summed E-state index contributed by atoms with van der Waals surface area (Å²) in [5.74, 6) is 0. The third kappa shape index (κ3) is 2.20. The number of aliphatic hydroxyl groups excluding tert-OH is 1. The molecule has 3 rings (SSSR count). The lowest BCUT2D eigenvalue weighted by atomic mass is 10.0. The van der Waals surface area contributed by atoms with Gasteiger partial charge in [0.2, 0.25) is 10.0 Å². The van der Waals surface area contributed by atoms with Gasteiger partial charge >= 0.3 is 0 Å². The molecular weight excluding hydrogens is 262 g/mol. The van der Waals surface area contributed by atoms with Crippen molar-refractivity contribution in [1.82, 2.24) is 4.31 Å². The molecule has 19 heavy (non-hydrogen) atoms. The quantitative estimate of drug-likeness (QED) is 0.897. The molecule has 0 amide bonds. The van der Waals surface area contributed by atoms with Crippen LogP contribution in [0.25, 0.3) is 0 Å². The summed E-state index contributed by atoms with van der Waals surface area (Å²) in [7, 11) is -3.42. The van der Waals surface area contributed by atoms with Crippen molar-refractivity contribution >= 4 is 10.0 Å². The number of benzene rings is 1. The van der Waals surface area contributed by atoms with Crippen LogP contribution in [0, 0.1) is 6.92 Å². The highest BCUT2D eigenvalue weighted by Gasteiger charge is 2.46. The Morgan fingerprint density at radius 2 is 1.84 bits per heavy atom.